The van der Waals surface area contributed by atoms with Crippen LogP contribution in [0, 0.1) is 5.92 Å². The van der Waals surface area contributed by atoms with Crippen molar-refractivity contribution in [2.24, 2.45) is 5.92 Å². The van der Waals surface area contributed by atoms with Crippen LogP contribution in [0.25, 0.3) is 11.1 Å². The van der Waals surface area contributed by atoms with Gasteiger partial charge in [0.05, 0.1) is 0 Å². The molecule has 0 aliphatic heterocycles. The predicted octanol–water partition coefficient (Wildman–Crippen LogP) is 4.37. The molecule has 0 saturated carbocycles. The first-order valence-corrected chi connectivity index (χ1v) is 6.44. The lowest BCUT2D eigenvalue weighted by molar-refractivity contribution is 0.524. The first kappa shape index (κ1) is 12.0. The third-order valence-corrected chi connectivity index (χ3v) is 3.00. The molecule has 0 spiro atoms. The van der Waals surface area contributed by atoms with E-state index in [0.29, 0.717) is 5.92 Å². The highest BCUT2D eigenvalue weighted by Gasteiger charge is 2.07. The minimum Gasteiger partial charge on any atom is -0.353 e. The van der Waals surface area contributed by atoms with Gasteiger partial charge in [0.15, 0.2) is 0 Å². The number of hydrogen-bond donors (Lipinski definition) is 0. The van der Waals surface area contributed by atoms with Crippen molar-refractivity contribution in [3.8, 4) is 11.1 Å². The molecule has 1 aromatic heterocycles. The lowest BCUT2D eigenvalue weighted by Gasteiger charge is -2.05. The summed E-state index contributed by atoms with van der Waals surface area (Å²) in [6, 6.07) is 10.7. The van der Waals surface area contributed by atoms with E-state index in [1.54, 1.807) is 0 Å². The lowest BCUT2D eigenvalue weighted by Crippen LogP contribution is -2.01. The molecule has 0 saturated heterocycles. The van der Waals surface area contributed by atoms with Crippen LogP contribution in [0.2, 0.25) is 0 Å². The van der Waals surface area contributed by atoms with Gasteiger partial charge in [0.25, 0.3) is 0 Å². The van der Waals surface area contributed by atoms with Crippen LogP contribution in [0.3, 0.4) is 0 Å². The van der Waals surface area contributed by atoms with Gasteiger partial charge in [-0.05, 0) is 23.5 Å². The summed E-state index contributed by atoms with van der Waals surface area (Å²) in [5.74, 6) is 0.690. The van der Waals surface area contributed by atoms with Crippen LogP contribution in [0.1, 0.15) is 26.3 Å². The van der Waals surface area contributed by atoms with Crippen LogP contribution in [-0.2, 0) is 13.0 Å². The topological polar surface area (TPSA) is 4.93 Å². The van der Waals surface area contributed by atoms with Gasteiger partial charge >= 0.3 is 0 Å². The summed E-state index contributed by atoms with van der Waals surface area (Å²) in [6.07, 6.45) is 5.67. The summed E-state index contributed by atoms with van der Waals surface area (Å²) in [4.78, 5) is 0. The van der Waals surface area contributed by atoms with Crippen molar-refractivity contribution in [1.82, 2.24) is 4.57 Å². The predicted molar refractivity (Wildman–Crippen MR) is 74.1 cm³/mol. The van der Waals surface area contributed by atoms with Gasteiger partial charge in [-0.25, -0.2) is 0 Å². The van der Waals surface area contributed by atoms with Crippen LogP contribution in [0.5, 0.6) is 0 Å². The van der Waals surface area contributed by atoms with Gasteiger partial charge in [-0.1, -0.05) is 51.1 Å². The van der Waals surface area contributed by atoms with Crippen molar-refractivity contribution in [1.29, 1.82) is 0 Å². The molecule has 2 aromatic rings. The fourth-order valence-electron chi connectivity index (χ4n) is 2.24. The third-order valence-electron chi connectivity index (χ3n) is 3.00. The second-order valence-electron chi connectivity index (χ2n) is 5.01. The maximum atomic E-state index is 2.33. The molecule has 1 aromatic carbocycles. The summed E-state index contributed by atoms with van der Waals surface area (Å²) in [5, 5.41) is 0. The maximum Gasteiger partial charge on any atom is 0.0243 e. The summed E-state index contributed by atoms with van der Waals surface area (Å²) < 4.78 is 2.33. The second kappa shape index (κ2) is 5.22. The summed E-state index contributed by atoms with van der Waals surface area (Å²) in [6.45, 7) is 7.84. The molecule has 0 bridgehead atoms. The Morgan fingerprint density at radius 1 is 1.06 bits per heavy atom. The Balaban J connectivity index is 2.36. The molecule has 17 heavy (non-hydrogen) atoms. The van der Waals surface area contributed by atoms with Crippen molar-refractivity contribution in [3.05, 3.63) is 48.3 Å². The smallest absolute Gasteiger partial charge is 0.0243 e. The standard InChI is InChI=1S/C16H21N/c1-4-14-11-17(10-13(2)3)12-16(14)15-8-6-5-7-9-15/h5-9,11-13H,4,10H2,1-3H3. The zero-order valence-electron chi connectivity index (χ0n) is 11.0. The Morgan fingerprint density at radius 3 is 2.35 bits per heavy atom. The molecule has 0 fully saturated rings. The van der Waals surface area contributed by atoms with E-state index in [2.05, 4.69) is 68.1 Å². The third kappa shape index (κ3) is 2.79. The van der Waals surface area contributed by atoms with Crippen molar-refractivity contribution < 1.29 is 0 Å². The van der Waals surface area contributed by atoms with Crippen molar-refractivity contribution in [2.45, 2.75) is 33.7 Å². The van der Waals surface area contributed by atoms with Gasteiger partial charge in [0.1, 0.15) is 0 Å². The molecule has 0 radical (unpaired) electrons. The average molecular weight is 227 g/mol. The molecular weight excluding hydrogens is 206 g/mol. The van der Waals surface area contributed by atoms with Crippen molar-refractivity contribution in [3.63, 3.8) is 0 Å². The second-order valence-corrected chi connectivity index (χ2v) is 5.01. The van der Waals surface area contributed by atoms with Crippen molar-refractivity contribution >= 4 is 0 Å². The van der Waals surface area contributed by atoms with Crippen LogP contribution < -0.4 is 0 Å². The first-order valence-electron chi connectivity index (χ1n) is 6.44. The molecule has 0 N–H and O–H groups in total. The van der Waals surface area contributed by atoms with E-state index in [0.717, 1.165) is 13.0 Å². The molecule has 1 heteroatoms. The van der Waals surface area contributed by atoms with Gasteiger partial charge in [0, 0.05) is 24.5 Å². The highest BCUT2D eigenvalue weighted by atomic mass is 14.9. The molecule has 2 rings (SSSR count). The van der Waals surface area contributed by atoms with Gasteiger partial charge in [-0.15, -0.1) is 0 Å². The quantitative estimate of drug-likeness (QED) is 0.730. The van der Waals surface area contributed by atoms with E-state index in [1.807, 2.05) is 0 Å². The number of rotatable bonds is 4. The molecule has 1 nitrogen and oxygen atoms in total. The minimum absolute atomic E-state index is 0.690. The molecule has 1 heterocycles. The molecule has 0 aliphatic carbocycles. The Labute approximate surface area is 104 Å². The average Bonchev–Trinajstić information content (AvgIpc) is 2.72. The number of hydrogen-bond acceptors (Lipinski definition) is 0. The van der Waals surface area contributed by atoms with E-state index in [1.165, 1.54) is 16.7 Å². The van der Waals surface area contributed by atoms with Crippen LogP contribution in [0.4, 0.5) is 0 Å². The number of benzene rings is 1. The molecule has 90 valence electrons. The Morgan fingerprint density at radius 2 is 1.76 bits per heavy atom. The molecular formula is C16H21N. The van der Waals surface area contributed by atoms with Gasteiger partial charge in [-0.2, -0.15) is 0 Å². The van der Waals surface area contributed by atoms with Crippen LogP contribution in [-0.4, -0.2) is 4.57 Å². The minimum atomic E-state index is 0.690. The van der Waals surface area contributed by atoms with E-state index < -0.39 is 0 Å². The number of nitrogens with zero attached hydrogens (tertiary/aromatic N) is 1. The molecule has 0 unspecified atom stereocenters. The fraction of sp³-hybridized carbons (Fsp3) is 0.375. The Kier molecular flexibility index (Phi) is 3.68. The summed E-state index contributed by atoms with van der Waals surface area (Å²) >= 11 is 0. The zero-order valence-corrected chi connectivity index (χ0v) is 11.0. The molecule has 0 aliphatic rings. The lowest BCUT2D eigenvalue weighted by atomic mass is 10.0. The maximum absolute atomic E-state index is 2.33. The van der Waals surface area contributed by atoms with Crippen LogP contribution in [0.15, 0.2) is 42.7 Å². The largest absolute Gasteiger partial charge is 0.353 e. The monoisotopic (exact) mass is 227 g/mol. The Hall–Kier alpha value is -1.50. The van der Waals surface area contributed by atoms with Crippen molar-refractivity contribution in [2.75, 3.05) is 0 Å². The van der Waals surface area contributed by atoms with Gasteiger partial charge in [0.2, 0.25) is 0 Å². The highest BCUT2D eigenvalue weighted by molar-refractivity contribution is 5.66. The molecule has 0 amide bonds. The SMILES string of the molecule is CCc1cn(CC(C)C)cc1-c1ccccc1. The van der Waals surface area contributed by atoms with E-state index in [-0.39, 0.29) is 0 Å². The first-order chi connectivity index (χ1) is 8.20. The number of aromatic nitrogens is 1. The Bertz CT molecular complexity index is 466. The fourth-order valence-corrected chi connectivity index (χ4v) is 2.24. The van der Waals surface area contributed by atoms with Gasteiger partial charge < -0.3 is 4.57 Å². The summed E-state index contributed by atoms with van der Waals surface area (Å²) in [7, 11) is 0. The van der Waals surface area contributed by atoms with E-state index >= 15 is 0 Å². The molecule has 0 atom stereocenters. The van der Waals surface area contributed by atoms with E-state index in [4.69, 9.17) is 0 Å². The summed E-state index contributed by atoms with van der Waals surface area (Å²) in [5.41, 5.74) is 4.15. The van der Waals surface area contributed by atoms with E-state index in [9.17, 15) is 0 Å². The van der Waals surface area contributed by atoms with Crippen LogP contribution >= 0.6 is 0 Å². The number of aryl methyl sites for hydroxylation is 1. The normalized spacial score (nSPS) is 11.1. The highest BCUT2D eigenvalue weighted by Crippen LogP contribution is 2.25. The van der Waals surface area contributed by atoms with Gasteiger partial charge in [-0.3, -0.25) is 0 Å². The zero-order chi connectivity index (χ0) is 12.3.